The van der Waals surface area contributed by atoms with Crippen molar-refractivity contribution in [3.8, 4) is 0 Å². The average molecular weight is 377 g/mol. The van der Waals surface area contributed by atoms with Gasteiger partial charge in [0.25, 0.3) is 0 Å². The molecule has 1 aliphatic heterocycles. The molecular formula is C22H27N5O. The molecule has 1 N–H and O–H groups in total. The number of piperazine rings is 1. The van der Waals surface area contributed by atoms with Crippen LogP contribution in [0.5, 0.6) is 0 Å². The van der Waals surface area contributed by atoms with Crippen molar-refractivity contribution in [3.05, 3.63) is 71.9 Å². The highest BCUT2D eigenvalue weighted by molar-refractivity contribution is 5.55. The van der Waals surface area contributed by atoms with Crippen LogP contribution in [0, 0.1) is 6.92 Å². The monoisotopic (exact) mass is 377 g/mol. The molecule has 2 heterocycles. The molecule has 1 fully saturated rings. The summed E-state index contributed by atoms with van der Waals surface area (Å²) in [5.74, 6) is 1.27. The summed E-state index contributed by atoms with van der Waals surface area (Å²) in [7, 11) is 0. The summed E-state index contributed by atoms with van der Waals surface area (Å²) in [5.41, 5.74) is 3.71. The van der Waals surface area contributed by atoms with Gasteiger partial charge in [-0.2, -0.15) is 4.98 Å². The summed E-state index contributed by atoms with van der Waals surface area (Å²) < 4.78 is 5.23. The van der Waals surface area contributed by atoms with E-state index in [1.54, 1.807) is 0 Å². The molecule has 1 saturated heterocycles. The second kappa shape index (κ2) is 8.44. The first kappa shape index (κ1) is 18.5. The van der Waals surface area contributed by atoms with Crippen molar-refractivity contribution in [2.75, 3.05) is 36.4 Å². The lowest BCUT2D eigenvalue weighted by Crippen LogP contribution is -2.45. The number of aryl methyl sites for hydroxylation is 1. The molecule has 3 aromatic rings. The quantitative estimate of drug-likeness (QED) is 0.704. The van der Waals surface area contributed by atoms with Crippen molar-refractivity contribution in [2.45, 2.75) is 26.4 Å². The van der Waals surface area contributed by atoms with Crippen LogP contribution in [-0.2, 0) is 6.54 Å². The number of nitrogens with one attached hydrogen (secondary N) is 1. The molecule has 6 heteroatoms. The maximum atomic E-state index is 5.23. The van der Waals surface area contributed by atoms with Crippen LogP contribution in [0.1, 0.15) is 30.2 Å². The van der Waals surface area contributed by atoms with Gasteiger partial charge in [-0.1, -0.05) is 35.5 Å². The number of benzene rings is 2. The fraction of sp³-hybridized carbons (Fsp3) is 0.364. The molecule has 4 rings (SSSR count). The third-order valence-electron chi connectivity index (χ3n) is 5.15. The molecule has 0 amide bonds. The van der Waals surface area contributed by atoms with E-state index in [0.717, 1.165) is 38.4 Å². The zero-order valence-corrected chi connectivity index (χ0v) is 16.5. The van der Waals surface area contributed by atoms with Crippen LogP contribution < -0.4 is 10.2 Å². The highest BCUT2D eigenvalue weighted by Gasteiger charge is 2.18. The molecular weight excluding hydrogens is 350 g/mol. The van der Waals surface area contributed by atoms with E-state index in [1.165, 1.54) is 11.3 Å². The first-order chi connectivity index (χ1) is 13.7. The minimum absolute atomic E-state index is 0.0198. The molecule has 2 aromatic carbocycles. The topological polar surface area (TPSA) is 57.4 Å². The molecule has 6 nitrogen and oxygen atoms in total. The SMILES string of the molecule is Cc1noc([C@@H](C)Nc2ccc(N3CCN(Cc4ccccc4)CC3)cc2)n1. The first-order valence-corrected chi connectivity index (χ1v) is 9.85. The van der Waals surface area contributed by atoms with Crippen LogP contribution in [-0.4, -0.2) is 41.2 Å². The van der Waals surface area contributed by atoms with Gasteiger partial charge in [0.15, 0.2) is 5.82 Å². The molecule has 0 unspecified atom stereocenters. The predicted molar refractivity (Wildman–Crippen MR) is 111 cm³/mol. The van der Waals surface area contributed by atoms with Gasteiger partial charge in [-0.05, 0) is 43.7 Å². The van der Waals surface area contributed by atoms with Crippen molar-refractivity contribution >= 4 is 11.4 Å². The van der Waals surface area contributed by atoms with E-state index < -0.39 is 0 Å². The number of nitrogens with zero attached hydrogens (tertiary/aromatic N) is 4. The summed E-state index contributed by atoms with van der Waals surface area (Å²) in [6.45, 7) is 9.16. The normalized spacial score (nSPS) is 16.1. The maximum Gasteiger partial charge on any atom is 0.248 e. The number of anilines is 2. The van der Waals surface area contributed by atoms with Crippen LogP contribution in [0.4, 0.5) is 11.4 Å². The highest BCUT2D eigenvalue weighted by Crippen LogP contribution is 2.23. The lowest BCUT2D eigenvalue weighted by atomic mass is 10.2. The van der Waals surface area contributed by atoms with Gasteiger partial charge in [0.1, 0.15) is 6.04 Å². The van der Waals surface area contributed by atoms with Crippen molar-refractivity contribution in [2.24, 2.45) is 0 Å². The van der Waals surface area contributed by atoms with Crippen molar-refractivity contribution in [3.63, 3.8) is 0 Å². The standard InChI is InChI=1S/C22H27N5O/c1-17(22-24-18(2)25-28-22)23-20-8-10-21(11-9-20)27-14-12-26(13-15-27)16-19-6-4-3-5-7-19/h3-11,17,23H,12-16H2,1-2H3/t17-/m1/s1. The van der Waals surface area contributed by atoms with E-state index in [4.69, 9.17) is 4.52 Å². The van der Waals surface area contributed by atoms with Crippen LogP contribution in [0.3, 0.4) is 0 Å². The minimum atomic E-state index is -0.0198. The summed E-state index contributed by atoms with van der Waals surface area (Å²) >= 11 is 0. The van der Waals surface area contributed by atoms with E-state index >= 15 is 0 Å². The first-order valence-electron chi connectivity index (χ1n) is 9.85. The van der Waals surface area contributed by atoms with Crippen LogP contribution in [0.15, 0.2) is 59.1 Å². The van der Waals surface area contributed by atoms with E-state index in [1.807, 2.05) is 13.8 Å². The number of hydrogen-bond acceptors (Lipinski definition) is 6. The Morgan fingerprint density at radius 2 is 1.71 bits per heavy atom. The fourth-order valence-electron chi connectivity index (χ4n) is 3.58. The number of hydrogen-bond donors (Lipinski definition) is 1. The van der Waals surface area contributed by atoms with Gasteiger partial charge in [0.2, 0.25) is 5.89 Å². The van der Waals surface area contributed by atoms with Crippen molar-refractivity contribution in [1.82, 2.24) is 15.0 Å². The van der Waals surface area contributed by atoms with Gasteiger partial charge < -0.3 is 14.7 Å². The van der Waals surface area contributed by atoms with Gasteiger partial charge >= 0.3 is 0 Å². The second-order valence-corrected chi connectivity index (χ2v) is 7.34. The Morgan fingerprint density at radius 1 is 1.00 bits per heavy atom. The molecule has 146 valence electrons. The molecule has 0 radical (unpaired) electrons. The van der Waals surface area contributed by atoms with Crippen molar-refractivity contribution in [1.29, 1.82) is 0 Å². The third-order valence-corrected chi connectivity index (χ3v) is 5.15. The predicted octanol–water partition coefficient (Wildman–Crippen LogP) is 3.87. The zero-order chi connectivity index (χ0) is 19.3. The van der Waals surface area contributed by atoms with Crippen LogP contribution in [0.2, 0.25) is 0 Å². The molecule has 0 bridgehead atoms. The Labute approximate surface area is 166 Å². The maximum absolute atomic E-state index is 5.23. The molecule has 28 heavy (non-hydrogen) atoms. The number of aromatic nitrogens is 2. The average Bonchev–Trinajstić information content (AvgIpc) is 3.17. The summed E-state index contributed by atoms with van der Waals surface area (Å²) in [5, 5.41) is 7.26. The molecule has 0 aliphatic carbocycles. The Balaban J connectivity index is 1.30. The van der Waals surface area contributed by atoms with Gasteiger partial charge in [-0.15, -0.1) is 0 Å². The zero-order valence-electron chi connectivity index (χ0n) is 16.5. The Kier molecular flexibility index (Phi) is 5.58. The van der Waals surface area contributed by atoms with Gasteiger partial charge in [0.05, 0.1) is 0 Å². The van der Waals surface area contributed by atoms with Crippen molar-refractivity contribution < 1.29 is 4.52 Å². The Hall–Kier alpha value is -2.86. The fourth-order valence-corrected chi connectivity index (χ4v) is 3.58. The minimum Gasteiger partial charge on any atom is -0.374 e. The van der Waals surface area contributed by atoms with E-state index in [-0.39, 0.29) is 6.04 Å². The third kappa shape index (κ3) is 4.51. The largest absolute Gasteiger partial charge is 0.374 e. The summed E-state index contributed by atoms with van der Waals surface area (Å²) in [6, 6.07) is 19.3. The van der Waals surface area contributed by atoms with Gasteiger partial charge in [-0.25, -0.2) is 0 Å². The lowest BCUT2D eigenvalue weighted by molar-refractivity contribution is 0.250. The van der Waals surface area contributed by atoms with Crippen LogP contribution >= 0.6 is 0 Å². The number of rotatable bonds is 6. The van der Waals surface area contributed by atoms with E-state index in [0.29, 0.717) is 11.7 Å². The van der Waals surface area contributed by atoms with Crippen LogP contribution in [0.25, 0.3) is 0 Å². The molecule has 0 spiro atoms. The van der Waals surface area contributed by atoms with Gasteiger partial charge in [0, 0.05) is 44.1 Å². The Bertz CT molecular complexity index is 869. The Morgan fingerprint density at radius 3 is 2.36 bits per heavy atom. The summed E-state index contributed by atoms with van der Waals surface area (Å²) in [6.07, 6.45) is 0. The summed E-state index contributed by atoms with van der Waals surface area (Å²) in [4.78, 5) is 9.26. The van der Waals surface area contributed by atoms with Gasteiger partial charge in [-0.3, -0.25) is 4.90 Å². The van der Waals surface area contributed by atoms with E-state index in [9.17, 15) is 0 Å². The highest BCUT2D eigenvalue weighted by atomic mass is 16.5. The second-order valence-electron chi connectivity index (χ2n) is 7.34. The molecule has 0 saturated carbocycles. The van der Waals surface area contributed by atoms with E-state index in [2.05, 4.69) is 79.9 Å². The lowest BCUT2D eigenvalue weighted by Gasteiger charge is -2.36. The molecule has 1 aromatic heterocycles. The molecule has 1 atom stereocenters. The molecule has 1 aliphatic rings. The smallest absolute Gasteiger partial charge is 0.248 e.